The van der Waals surface area contributed by atoms with E-state index in [0.29, 0.717) is 13.1 Å². The molecule has 0 amide bonds. The molecule has 1 aliphatic rings. The summed E-state index contributed by atoms with van der Waals surface area (Å²) < 4.78 is 3.05. The second-order valence-corrected chi connectivity index (χ2v) is 25.5. The van der Waals surface area contributed by atoms with E-state index in [9.17, 15) is 0 Å². The first-order chi connectivity index (χ1) is 7.66. The fourth-order valence-corrected chi connectivity index (χ4v) is 30.9. The average Bonchev–Trinajstić information content (AvgIpc) is 2.07. The van der Waals surface area contributed by atoms with E-state index in [1.807, 2.05) is 27.7 Å². The van der Waals surface area contributed by atoms with Crippen LogP contribution in [0.1, 0.15) is 27.7 Å². The average molecular weight is 417 g/mol. The van der Waals surface area contributed by atoms with Gasteiger partial charge in [0.05, 0.1) is 0 Å². The van der Waals surface area contributed by atoms with Crippen LogP contribution < -0.4 is 0 Å². The zero-order chi connectivity index (χ0) is 14.6. The van der Waals surface area contributed by atoms with Gasteiger partial charge in [-0.15, -0.1) is 0 Å². The summed E-state index contributed by atoms with van der Waals surface area (Å²) in [6, 6.07) is 0. The van der Waals surface area contributed by atoms with Crippen molar-refractivity contribution in [1.82, 2.24) is 8.88 Å². The first-order valence-corrected chi connectivity index (χ1v) is 15.3. The molecule has 1 aliphatic heterocycles. The maximum atomic E-state index is 6.45. The Morgan fingerprint density at radius 3 is 1.06 bits per heavy atom. The topological polar surface area (TPSA) is 6.48 Å². The zero-order valence-electron chi connectivity index (χ0n) is 10.6. The van der Waals surface area contributed by atoms with Crippen molar-refractivity contribution in [2.75, 3.05) is 13.1 Å². The van der Waals surface area contributed by atoms with Crippen LogP contribution in [0.4, 0.5) is 0 Å². The SMILES string of the molecule is CC(C)CN1P(Cl)(Cl)(Cl)N(CC(C)C)P1(Cl)(Cl)Cl. The summed E-state index contributed by atoms with van der Waals surface area (Å²) in [4.78, 5) is -7.55. The molecule has 0 aromatic heterocycles. The standard InChI is InChI=1S/C8H18Cl6N2P2/c1-7(2)5-15-17(9,10,11)16(6-8(3)4)18(15,12,13)14/h7-8H,5-6H2,1-4H3. The van der Waals surface area contributed by atoms with Crippen molar-refractivity contribution in [2.45, 2.75) is 27.7 Å². The van der Waals surface area contributed by atoms with Crippen molar-refractivity contribution >= 4 is 77.4 Å². The molecule has 0 N–H and O–H groups in total. The molecule has 0 spiro atoms. The third-order valence-corrected chi connectivity index (χ3v) is 20.6. The van der Waals surface area contributed by atoms with Crippen molar-refractivity contribution in [1.29, 1.82) is 0 Å². The number of nitrogens with zero attached hydrogens (tertiary/aromatic N) is 2. The van der Waals surface area contributed by atoms with E-state index >= 15 is 0 Å². The molecule has 1 fully saturated rings. The molecule has 0 bridgehead atoms. The monoisotopic (exact) mass is 414 g/mol. The molecule has 10 heteroatoms. The van der Waals surface area contributed by atoms with Crippen LogP contribution in [-0.2, 0) is 0 Å². The molecule has 0 atom stereocenters. The van der Waals surface area contributed by atoms with Crippen molar-refractivity contribution in [3.63, 3.8) is 0 Å². The van der Waals surface area contributed by atoms with Crippen molar-refractivity contribution < 1.29 is 0 Å². The van der Waals surface area contributed by atoms with Crippen LogP contribution in [0, 0.1) is 11.8 Å². The molecular weight excluding hydrogens is 399 g/mol. The number of halogens is 6. The van der Waals surface area contributed by atoms with Crippen molar-refractivity contribution in [3.8, 4) is 0 Å². The van der Waals surface area contributed by atoms with Crippen LogP contribution in [0.15, 0.2) is 0 Å². The van der Waals surface area contributed by atoms with Crippen LogP contribution >= 0.6 is 77.4 Å². The van der Waals surface area contributed by atoms with Crippen LogP contribution in [0.3, 0.4) is 0 Å². The summed E-state index contributed by atoms with van der Waals surface area (Å²) in [5.74, 6) is 0.503. The molecule has 1 rings (SSSR count). The minimum absolute atomic E-state index is 0.252. The van der Waals surface area contributed by atoms with Crippen molar-refractivity contribution in [2.24, 2.45) is 11.8 Å². The number of hydrogen-bond donors (Lipinski definition) is 0. The van der Waals surface area contributed by atoms with Gasteiger partial charge in [-0.2, -0.15) is 0 Å². The summed E-state index contributed by atoms with van der Waals surface area (Å²) >= 11 is 38.7. The summed E-state index contributed by atoms with van der Waals surface area (Å²) in [5, 5.41) is 0. The van der Waals surface area contributed by atoms with E-state index < -0.39 is 9.93 Å². The Bertz CT molecular complexity index is 295. The predicted molar refractivity (Wildman–Crippen MR) is 92.0 cm³/mol. The van der Waals surface area contributed by atoms with Gasteiger partial charge in [0.15, 0.2) is 0 Å². The molecule has 18 heavy (non-hydrogen) atoms. The molecular formula is C8H18Cl6N2P2. The molecule has 0 aromatic carbocycles. The maximum absolute atomic E-state index is 6.45. The Kier molecular flexibility index (Phi) is 5.18. The van der Waals surface area contributed by atoms with Gasteiger partial charge in [-0.05, 0) is 0 Å². The molecule has 0 aromatic rings. The Hall–Kier alpha value is 2.52. The first-order valence-electron chi connectivity index (χ1n) is 5.57. The molecule has 0 aliphatic carbocycles. The normalized spacial score (nSPS) is 34.2. The summed E-state index contributed by atoms with van der Waals surface area (Å²) in [6.07, 6.45) is 0. The van der Waals surface area contributed by atoms with Crippen LogP contribution in [-0.4, -0.2) is 22.0 Å². The summed E-state index contributed by atoms with van der Waals surface area (Å²) in [6.45, 7) is 8.94. The quantitative estimate of drug-likeness (QED) is 0.435. The van der Waals surface area contributed by atoms with Gasteiger partial charge >= 0.3 is 139 Å². The number of hydrogen-bond acceptors (Lipinski definition) is 2. The predicted octanol–water partition coefficient (Wildman–Crippen LogP) is 7.61. The Morgan fingerprint density at radius 2 is 0.889 bits per heavy atom. The van der Waals surface area contributed by atoms with Gasteiger partial charge in [0.1, 0.15) is 0 Å². The first kappa shape index (κ1) is 18.6. The van der Waals surface area contributed by atoms with E-state index in [1.165, 1.54) is 8.88 Å². The van der Waals surface area contributed by atoms with E-state index in [4.69, 9.17) is 67.4 Å². The Labute approximate surface area is 138 Å². The molecule has 0 radical (unpaired) electrons. The summed E-state index contributed by atoms with van der Waals surface area (Å²) in [5.41, 5.74) is 0. The summed E-state index contributed by atoms with van der Waals surface area (Å²) in [7, 11) is 0. The Balaban J connectivity index is 3.15. The molecule has 1 heterocycles. The van der Waals surface area contributed by atoms with Gasteiger partial charge in [-0.25, -0.2) is 0 Å². The van der Waals surface area contributed by atoms with Gasteiger partial charge < -0.3 is 0 Å². The molecule has 0 saturated carbocycles. The number of rotatable bonds is 4. The fourth-order valence-electron chi connectivity index (χ4n) is 1.82. The van der Waals surface area contributed by atoms with Crippen LogP contribution in [0.2, 0.25) is 0 Å². The van der Waals surface area contributed by atoms with Gasteiger partial charge in [0.25, 0.3) is 0 Å². The third kappa shape index (κ3) is 3.14. The second kappa shape index (κ2) is 5.02. The van der Waals surface area contributed by atoms with Crippen LogP contribution in [0.5, 0.6) is 0 Å². The minimum atomic E-state index is -3.78. The fraction of sp³-hybridized carbons (Fsp3) is 1.00. The molecule has 2 nitrogen and oxygen atoms in total. The third-order valence-electron chi connectivity index (χ3n) is 2.52. The van der Waals surface area contributed by atoms with Gasteiger partial charge in [-0.1, -0.05) is 0 Å². The van der Waals surface area contributed by atoms with Crippen LogP contribution in [0.25, 0.3) is 0 Å². The molecule has 112 valence electrons. The van der Waals surface area contributed by atoms with Gasteiger partial charge in [0, 0.05) is 0 Å². The van der Waals surface area contributed by atoms with E-state index in [0.717, 1.165) is 0 Å². The van der Waals surface area contributed by atoms with E-state index in [2.05, 4.69) is 0 Å². The zero-order valence-corrected chi connectivity index (χ0v) is 16.9. The van der Waals surface area contributed by atoms with Crippen molar-refractivity contribution in [3.05, 3.63) is 0 Å². The molecule has 1 saturated heterocycles. The van der Waals surface area contributed by atoms with Gasteiger partial charge in [-0.3, -0.25) is 0 Å². The Morgan fingerprint density at radius 1 is 0.667 bits per heavy atom. The van der Waals surface area contributed by atoms with E-state index in [1.54, 1.807) is 0 Å². The van der Waals surface area contributed by atoms with Gasteiger partial charge in [0.2, 0.25) is 0 Å². The molecule has 0 unspecified atom stereocenters. The second-order valence-electron chi connectivity index (χ2n) is 5.37. The van der Waals surface area contributed by atoms with E-state index in [-0.39, 0.29) is 11.8 Å².